The Kier molecular flexibility index (Phi) is 3.09. The molecule has 2 heteroatoms. The molecule has 76 valence electrons. The Labute approximate surface area is 85.1 Å². The molecule has 1 aliphatic heterocycles. The van der Waals surface area contributed by atoms with E-state index in [1.165, 1.54) is 48.8 Å². The second kappa shape index (κ2) is 4.14. The van der Waals surface area contributed by atoms with Gasteiger partial charge < -0.3 is 5.32 Å². The summed E-state index contributed by atoms with van der Waals surface area (Å²) in [5, 5.41) is 3.89. The quantitative estimate of drug-likeness (QED) is 0.628. The third kappa shape index (κ3) is 2.16. The minimum absolute atomic E-state index is 0.867. The van der Waals surface area contributed by atoms with Gasteiger partial charge in [-0.2, -0.15) is 0 Å². The third-order valence-electron chi connectivity index (χ3n) is 3.99. The lowest BCUT2D eigenvalue weighted by Crippen LogP contribution is -2.50. The molecule has 1 aliphatic carbocycles. The van der Waals surface area contributed by atoms with Crippen molar-refractivity contribution in [2.45, 2.75) is 63.1 Å². The summed E-state index contributed by atoms with van der Waals surface area (Å²) in [6.45, 7) is 2.41. The van der Waals surface area contributed by atoms with Crippen LogP contribution in [0.15, 0.2) is 0 Å². The lowest BCUT2D eigenvalue weighted by molar-refractivity contribution is 0.174. The molecular weight excluding hydrogens is 174 g/mol. The fraction of sp³-hybridized carbons (Fsp3) is 1.00. The molecular formula is C11H23NSi. The first kappa shape index (κ1) is 9.72. The van der Waals surface area contributed by atoms with Crippen LogP contribution < -0.4 is 5.32 Å². The maximum atomic E-state index is 3.89. The predicted molar refractivity (Wildman–Crippen MR) is 61.3 cm³/mol. The minimum atomic E-state index is 0.867. The Hall–Kier alpha value is 0.177. The number of piperidine rings is 1. The Morgan fingerprint density at radius 2 is 1.92 bits per heavy atom. The fourth-order valence-electron chi connectivity index (χ4n) is 3.05. The molecule has 0 aromatic heterocycles. The van der Waals surface area contributed by atoms with Gasteiger partial charge in [0, 0.05) is 22.3 Å². The van der Waals surface area contributed by atoms with Crippen LogP contribution in [-0.2, 0) is 0 Å². The predicted octanol–water partition coefficient (Wildman–Crippen LogP) is 1.47. The van der Waals surface area contributed by atoms with E-state index in [1.807, 2.05) is 0 Å². The van der Waals surface area contributed by atoms with Crippen LogP contribution in [0.5, 0.6) is 0 Å². The van der Waals surface area contributed by atoms with Crippen molar-refractivity contribution in [3.63, 3.8) is 0 Å². The highest BCUT2D eigenvalue weighted by atomic mass is 28.1. The average molecular weight is 197 g/mol. The van der Waals surface area contributed by atoms with Gasteiger partial charge in [-0.05, 0) is 37.1 Å². The molecule has 4 unspecified atom stereocenters. The van der Waals surface area contributed by atoms with Crippen molar-refractivity contribution < 1.29 is 0 Å². The van der Waals surface area contributed by atoms with Gasteiger partial charge in [-0.15, -0.1) is 0 Å². The van der Waals surface area contributed by atoms with E-state index in [2.05, 4.69) is 12.2 Å². The summed E-state index contributed by atoms with van der Waals surface area (Å²) in [7, 11) is 1.35. The van der Waals surface area contributed by atoms with Crippen molar-refractivity contribution in [3.05, 3.63) is 0 Å². The molecule has 2 rings (SSSR count). The number of fused-ring (bicyclic) bond motifs is 1. The molecule has 1 nitrogen and oxygen atoms in total. The standard InChI is InChI=1S/C11H23NSi/c1-8(13)10-7-6-9-4-2-3-5-11(9)12-10/h8-12H,2-7H2,1,13H3. The van der Waals surface area contributed by atoms with Crippen LogP contribution in [0.4, 0.5) is 0 Å². The van der Waals surface area contributed by atoms with Crippen LogP contribution in [0.1, 0.15) is 45.4 Å². The molecule has 0 aromatic rings. The molecule has 1 saturated heterocycles. The minimum Gasteiger partial charge on any atom is -0.311 e. The van der Waals surface area contributed by atoms with E-state index < -0.39 is 0 Å². The third-order valence-corrected chi connectivity index (χ3v) is 4.80. The number of hydrogen-bond donors (Lipinski definition) is 1. The van der Waals surface area contributed by atoms with Gasteiger partial charge in [0.1, 0.15) is 0 Å². The highest BCUT2D eigenvalue weighted by molar-refractivity contribution is 6.11. The van der Waals surface area contributed by atoms with E-state index >= 15 is 0 Å². The van der Waals surface area contributed by atoms with E-state index in [-0.39, 0.29) is 0 Å². The monoisotopic (exact) mass is 197 g/mol. The van der Waals surface area contributed by atoms with Crippen molar-refractivity contribution in [1.82, 2.24) is 5.32 Å². The Morgan fingerprint density at radius 1 is 1.15 bits per heavy atom. The van der Waals surface area contributed by atoms with Gasteiger partial charge in [0.25, 0.3) is 0 Å². The van der Waals surface area contributed by atoms with Gasteiger partial charge in [0.2, 0.25) is 0 Å². The van der Waals surface area contributed by atoms with Crippen LogP contribution in [0, 0.1) is 5.92 Å². The lowest BCUT2D eigenvalue weighted by atomic mass is 9.77. The Balaban J connectivity index is 1.91. The van der Waals surface area contributed by atoms with E-state index in [1.54, 1.807) is 0 Å². The highest BCUT2D eigenvalue weighted by Crippen LogP contribution is 2.34. The van der Waals surface area contributed by atoms with Crippen LogP contribution in [0.25, 0.3) is 0 Å². The van der Waals surface area contributed by atoms with Crippen LogP contribution in [0.3, 0.4) is 0 Å². The van der Waals surface area contributed by atoms with Crippen molar-refractivity contribution in [2.75, 3.05) is 0 Å². The van der Waals surface area contributed by atoms with Gasteiger partial charge in [-0.1, -0.05) is 19.8 Å². The van der Waals surface area contributed by atoms with E-state index in [0.29, 0.717) is 0 Å². The first-order valence-corrected chi connectivity index (χ1v) is 7.19. The SMILES string of the molecule is CC([SiH3])C1CCC2CCCCC2N1. The molecule has 0 radical (unpaired) electrons. The molecule has 2 fully saturated rings. The second-order valence-electron chi connectivity index (χ2n) is 5.25. The van der Waals surface area contributed by atoms with Crippen molar-refractivity contribution in [2.24, 2.45) is 5.92 Å². The van der Waals surface area contributed by atoms with Gasteiger partial charge >= 0.3 is 0 Å². The zero-order chi connectivity index (χ0) is 9.26. The Bertz CT molecular complexity index is 169. The molecule has 0 bridgehead atoms. The summed E-state index contributed by atoms with van der Waals surface area (Å²) in [6.07, 6.45) is 8.87. The molecule has 0 aromatic carbocycles. The van der Waals surface area contributed by atoms with Gasteiger partial charge in [0.15, 0.2) is 0 Å². The number of rotatable bonds is 1. The Morgan fingerprint density at radius 3 is 2.69 bits per heavy atom. The topological polar surface area (TPSA) is 12.0 Å². The van der Waals surface area contributed by atoms with Crippen LogP contribution in [-0.4, -0.2) is 22.3 Å². The van der Waals surface area contributed by atoms with Crippen molar-refractivity contribution in [1.29, 1.82) is 0 Å². The number of hydrogen-bond acceptors (Lipinski definition) is 1. The molecule has 4 atom stereocenters. The van der Waals surface area contributed by atoms with Crippen LogP contribution >= 0.6 is 0 Å². The van der Waals surface area contributed by atoms with E-state index in [0.717, 1.165) is 23.5 Å². The summed E-state index contributed by atoms with van der Waals surface area (Å²) in [6, 6.07) is 1.76. The maximum absolute atomic E-state index is 3.89. The number of nitrogens with one attached hydrogen (secondary N) is 1. The zero-order valence-corrected chi connectivity index (χ0v) is 11.1. The molecule has 0 spiro atoms. The fourth-order valence-corrected chi connectivity index (χ4v) is 3.58. The highest BCUT2D eigenvalue weighted by Gasteiger charge is 2.32. The summed E-state index contributed by atoms with van der Waals surface area (Å²) in [5.74, 6) is 1.03. The first-order chi connectivity index (χ1) is 6.27. The normalized spacial score (nSPS) is 42.7. The largest absolute Gasteiger partial charge is 0.311 e. The summed E-state index contributed by atoms with van der Waals surface area (Å²) < 4.78 is 0. The van der Waals surface area contributed by atoms with Gasteiger partial charge in [-0.3, -0.25) is 0 Å². The smallest absolute Gasteiger partial charge is 0.00979 e. The van der Waals surface area contributed by atoms with Crippen molar-refractivity contribution >= 4 is 10.2 Å². The van der Waals surface area contributed by atoms with Gasteiger partial charge in [0.05, 0.1) is 0 Å². The van der Waals surface area contributed by atoms with E-state index in [9.17, 15) is 0 Å². The van der Waals surface area contributed by atoms with E-state index in [4.69, 9.17) is 0 Å². The maximum Gasteiger partial charge on any atom is 0.00979 e. The summed E-state index contributed by atoms with van der Waals surface area (Å²) >= 11 is 0. The second-order valence-corrected chi connectivity index (χ2v) is 7.07. The summed E-state index contributed by atoms with van der Waals surface area (Å²) in [5.41, 5.74) is 0.961. The molecule has 13 heavy (non-hydrogen) atoms. The molecule has 1 N–H and O–H groups in total. The molecule has 1 saturated carbocycles. The lowest BCUT2D eigenvalue weighted by Gasteiger charge is -2.42. The van der Waals surface area contributed by atoms with Crippen molar-refractivity contribution in [3.8, 4) is 0 Å². The average Bonchev–Trinajstić information content (AvgIpc) is 2.17. The molecule has 2 aliphatic rings. The summed E-state index contributed by atoms with van der Waals surface area (Å²) in [4.78, 5) is 0. The molecule has 0 amide bonds. The van der Waals surface area contributed by atoms with Crippen LogP contribution in [0.2, 0.25) is 5.54 Å². The first-order valence-electron chi connectivity index (χ1n) is 6.03. The zero-order valence-electron chi connectivity index (χ0n) is 9.05. The molecule has 1 heterocycles. The van der Waals surface area contributed by atoms with Gasteiger partial charge in [-0.25, -0.2) is 0 Å².